The number of rotatable bonds is 10. The quantitative estimate of drug-likeness (QED) is 0.258. The summed E-state index contributed by atoms with van der Waals surface area (Å²) in [5.74, 6) is -0.437. The molecule has 0 saturated carbocycles. The molecule has 150 valence electrons. The molecule has 6 nitrogen and oxygen atoms in total. The van der Waals surface area contributed by atoms with Gasteiger partial charge in [0.1, 0.15) is 24.7 Å². The lowest BCUT2D eigenvalue weighted by atomic mass is 10.1. The van der Waals surface area contributed by atoms with Crippen LogP contribution in [0.3, 0.4) is 0 Å². The van der Waals surface area contributed by atoms with Gasteiger partial charge in [-0.3, -0.25) is 4.99 Å². The summed E-state index contributed by atoms with van der Waals surface area (Å²) in [5.41, 5.74) is 0.333. The Bertz CT molecular complexity index is 863. The molecule has 0 bridgehead atoms. The van der Waals surface area contributed by atoms with E-state index < -0.39 is 23.7 Å². The van der Waals surface area contributed by atoms with Crippen LogP contribution in [0.2, 0.25) is 0 Å². The highest BCUT2D eigenvalue weighted by molar-refractivity contribution is 6.62. The van der Waals surface area contributed by atoms with Crippen LogP contribution in [0.25, 0.3) is 0 Å². The SMILES string of the molecule is C=CCOC(=O)C(=NC(C)c1cccc(Oc2ccccc2)c1)C(=O)OCC=C. The molecule has 0 aromatic heterocycles. The Hall–Kier alpha value is -3.67. The number of hydrogen-bond acceptors (Lipinski definition) is 6. The van der Waals surface area contributed by atoms with E-state index in [1.807, 2.05) is 48.5 Å². The number of carbonyl (C=O) groups excluding carboxylic acids is 2. The van der Waals surface area contributed by atoms with Crippen LogP contribution in [0.5, 0.6) is 11.5 Å². The third-order valence-corrected chi connectivity index (χ3v) is 3.69. The van der Waals surface area contributed by atoms with Crippen LogP contribution in [0.1, 0.15) is 18.5 Å². The number of esters is 2. The van der Waals surface area contributed by atoms with Crippen molar-refractivity contribution in [3.05, 3.63) is 85.5 Å². The van der Waals surface area contributed by atoms with E-state index >= 15 is 0 Å². The number of ether oxygens (including phenoxy) is 3. The molecule has 0 saturated heterocycles. The summed E-state index contributed by atoms with van der Waals surface area (Å²) >= 11 is 0. The first-order valence-corrected chi connectivity index (χ1v) is 9.01. The third-order valence-electron chi connectivity index (χ3n) is 3.69. The smallest absolute Gasteiger partial charge is 0.364 e. The second kappa shape index (κ2) is 11.2. The maximum atomic E-state index is 12.2. The van der Waals surface area contributed by atoms with Gasteiger partial charge in [-0.1, -0.05) is 55.6 Å². The van der Waals surface area contributed by atoms with Gasteiger partial charge in [0.2, 0.25) is 5.71 Å². The van der Waals surface area contributed by atoms with E-state index in [0.717, 1.165) is 5.56 Å². The molecular formula is C23H23NO5. The summed E-state index contributed by atoms with van der Waals surface area (Å²) in [7, 11) is 0. The van der Waals surface area contributed by atoms with Crippen LogP contribution in [0.4, 0.5) is 0 Å². The van der Waals surface area contributed by atoms with Gasteiger partial charge >= 0.3 is 11.9 Å². The minimum atomic E-state index is -0.873. The van der Waals surface area contributed by atoms with Crippen LogP contribution in [-0.2, 0) is 19.1 Å². The molecule has 1 atom stereocenters. The highest BCUT2D eigenvalue weighted by Gasteiger charge is 2.24. The fourth-order valence-corrected chi connectivity index (χ4v) is 2.33. The van der Waals surface area contributed by atoms with Crippen molar-refractivity contribution < 1.29 is 23.8 Å². The summed E-state index contributed by atoms with van der Waals surface area (Å²) in [4.78, 5) is 28.7. The van der Waals surface area contributed by atoms with Gasteiger partial charge in [-0.25, -0.2) is 9.59 Å². The summed E-state index contributed by atoms with van der Waals surface area (Å²) in [6.45, 7) is 8.63. The zero-order chi connectivity index (χ0) is 21.1. The molecule has 0 aliphatic heterocycles. The van der Waals surface area contributed by atoms with Gasteiger partial charge in [-0.15, -0.1) is 0 Å². The van der Waals surface area contributed by atoms with Gasteiger partial charge in [0.25, 0.3) is 0 Å². The monoisotopic (exact) mass is 393 g/mol. The molecule has 0 aliphatic rings. The van der Waals surface area contributed by atoms with E-state index in [1.165, 1.54) is 12.2 Å². The first-order valence-electron chi connectivity index (χ1n) is 9.01. The Morgan fingerprint density at radius 1 is 0.931 bits per heavy atom. The molecule has 0 spiro atoms. The molecule has 2 aromatic rings. The van der Waals surface area contributed by atoms with E-state index in [9.17, 15) is 9.59 Å². The standard InChI is InChI=1S/C23H23NO5/c1-4-14-27-22(25)21(23(26)28-15-5-2)24-17(3)18-10-9-13-20(16-18)29-19-11-7-6-8-12-19/h4-13,16-17H,1-2,14-15H2,3H3. The van der Waals surface area contributed by atoms with Crippen molar-refractivity contribution in [3.8, 4) is 11.5 Å². The van der Waals surface area contributed by atoms with Gasteiger partial charge < -0.3 is 14.2 Å². The molecule has 0 amide bonds. The molecule has 29 heavy (non-hydrogen) atoms. The number of nitrogens with zero attached hydrogens (tertiary/aromatic N) is 1. The van der Waals surface area contributed by atoms with Crippen molar-refractivity contribution in [3.63, 3.8) is 0 Å². The first-order chi connectivity index (χ1) is 14.0. The van der Waals surface area contributed by atoms with Crippen molar-refractivity contribution >= 4 is 17.7 Å². The lowest BCUT2D eigenvalue weighted by Crippen LogP contribution is -2.29. The Morgan fingerprint density at radius 2 is 1.52 bits per heavy atom. The molecule has 0 N–H and O–H groups in total. The average Bonchev–Trinajstić information content (AvgIpc) is 2.74. The van der Waals surface area contributed by atoms with Crippen molar-refractivity contribution in [1.82, 2.24) is 0 Å². The Balaban J connectivity index is 2.24. The lowest BCUT2D eigenvalue weighted by Gasteiger charge is -2.12. The minimum absolute atomic E-state index is 0.0403. The van der Waals surface area contributed by atoms with Gasteiger partial charge in [0.15, 0.2) is 0 Å². The van der Waals surface area contributed by atoms with Crippen molar-refractivity contribution in [2.75, 3.05) is 13.2 Å². The fraction of sp³-hybridized carbons (Fsp3) is 0.174. The van der Waals surface area contributed by atoms with Gasteiger partial charge in [-0.05, 0) is 36.8 Å². The normalized spacial score (nSPS) is 10.9. The minimum Gasteiger partial charge on any atom is -0.457 e. The van der Waals surface area contributed by atoms with Crippen LogP contribution in [-0.4, -0.2) is 30.9 Å². The second-order valence-electron chi connectivity index (χ2n) is 5.92. The van der Waals surface area contributed by atoms with Crippen molar-refractivity contribution in [2.24, 2.45) is 4.99 Å². The maximum absolute atomic E-state index is 12.2. The summed E-state index contributed by atoms with van der Waals surface area (Å²) in [6.07, 6.45) is 2.80. The van der Waals surface area contributed by atoms with E-state index in [0.29, 0.717) is 11.5 Å². The van der Waals surface area contributed by atoms with Crippen LogP contribution in [0, 0.1) is 0 Å². The van der Waals surface area contributed by atoms with Gasteiger partial charge in [0.05, 0.1) is 6.04 Å². The van der Waals surface area contributed by atoms with E-state index in [1.54, 1.807) is 13.0 Å². The number of benzene rings is 2. The molecular weight excluding hydrogens is 370 g/mol. The molecule has 0 radical (unpaired) electrons. The Labute approximate surface area is 170 Å². The molecule has 6 heteroatoms. The summed E-state index contributed by atoms with van der Waals surface area (Å²) in [5, 5.41) is 0. The fourth-order valence-electron chi connectivity index (χ4n) is 2.33. The van der Waals surface area contributed by atoms with Gasteiger partial charge in [-0.2, -0.15) is 0 Å². The molecule has 2 rings (SSSR count). The van der Waals surface area contributed by atoms with E-state index in [2.05, 4.69) is 18.2 Å². The average molecular weight is 393 g/mol. The predicted molar refractivity (Wildman–Crippen MR) is 111 cm³/mol. The van der Waals surface area contributed by atoms with Crippen LogP contribution in [0.15, 0.2) is 84.9 Å². The third kappa shape index (κ3) is 6.77. The number of aliphatic imine (C=N–C) groups is 1. The molecule has 0 heterocycles. The highest BCUT2D eigenvalue weighted by atomic mass is 16.6. The Kier molecular flexibility index (Phi) is 8.38. The van der Waals surface area contributed by atoms with Crippen LogP contribution >= 0.6 is 0 Å². The first kappa shape index (κ1) is 21.6. The topological polar surface area (TPSA) is 74.2 Å². The largest absolute Gasteiger partial charge is 0.457 e. The molecule has 2 aromatic carbocycles. The molecule has 0 fully saturated rings. The highest BCUT2D eigenvalue weighted by Crippen LogP contribution is 2.26. The van der Waals surface area contributed by atoms with Crippen molar-refractivity contribution in [2.45, 2.75) is 13.0 Å². The molecule has 0 aliphatic carbocycles. The molecule has 1 unspecified atom stereocenters. The number of carbonyl (C=O) groups is 2. The number of para-hydroxylation sites is 1. The lowest BCUT2D eigenvalue weighted by molar-refractivity contribution is -0.139. The van der Waals surface area contributed by atoms with Crippen LogP contribution < -0.4 is 4.74 Å². The maximum Gasteiger partial charge on any atom is 0.364 e. The van der Waals surface area contributed by atoms with E-state index in [4.69, 9.17) is 14.2 Å². The van der Waals surface area contributed by atoms with Crippen molar-refractivity contribution in [1.29, 1.82) is 0 Å². The van der Waals surface area contributed by atoms with Gasteiger partial charge in [0, 0.05) is 0 Å². The Morgan fingerprint density at radius 3 is 2.10 bits per heavy atom. The summed E-state index contributed by atoms with van der Waals surface area (Å²) < 4.78 is 15.7. The predicted octanol–water partition coefficient (Wildman–Crippen LogP) is 4.44. The zero-order valence-electron chi connectivity index (χ0n) is 16.2. The number of hydrogen-bond donors (Lipinski definition) is 0. The van der Waals surface area contributed by atoms with E-state index in [-0.39, 0.29) is 13.2 Å². The zero-order valence-corrected chi connectivity index (χ0v) is 16.2. The second-order valence-corrected chi connectivity index (χ2v) is 5.92. The summed E-state index contributed by atoms with van der Waals surface area (Å²) in [6, 6.07) is 16.1.